The molecule has 41 heavy (non-hydrogen) atoms. The number of hydrogen-bond donors (Lipinski definition) is 2. The van der Waals surface area contributed by atoms with E-state index in [2.05, 4.69) is 39.4 Å². The van der Waals surface area contributed by atoms with Crippen molar-refractivity contribution in [2.24, 2.45) is 15.0 Å². The Labute approximate surface area is 290 Å². The summed E-state index contributed by atoms with van der Waals surface area (Å²) >= 11 is 0. The summed E-state index contributed by atoms with van der Waals surface area (Å²) in [7, 11) is -4.45. The van der Waals surface area contributed by atoms with E-state index in [-0.39, 0.29) is 65.7 Å². The van der Waals surface area contributed by atoms with E-state index in [4.69, 9.17) is 14.4 Å². The van der Waals surface area contributed by atoms with Crippen LogP contribution in [0.5, 0.6) is 0 Å². The molecular formula is C27H47N5Na2O6P+. The van der Waals surface area contributed by atoms with Gasteiger partial charge in [-0.05, 0) is 32.1 Å². The van der Waals surface area contributed by atoms with E-state index in [1.807, 2.05) is 0 Å². The molecule has 0 aromatic carbocycles. The smallest absolute Gasteiger partial charge is 0.658 e. The van der Waals surface area contributed by atoms with E-state index in [0.29, 0.717) is 19.0 Å². The molecule has 2 atom stereocenters. The number of allylic oxidation sites excluding steroid dienone is 2. The molecule has 2 aliphatic heterocycles. The Morgan fingerprint density at radius 1 is 0.976 bits per heavy atom. The van der Waals surface area contributed by atoms with Crippen molar-refractivity contribution in [3.8, 4) is 0 Å². The van der Waals surface area contributed by atoms with Crippen LogP contribution in [-0.4, -0.2) is 72.7 Å². The quantitative estimate of drug-likeness (QED) is 0.0637. The fourth-order valence-electron chi connectivity index (χ4n) is 4.40. The first-order valence-corrected chi connectivity index (χ1v) is 16.2. The molecule has 0 bridgehead atoms. The minimum atomic E-state index is -4.45. The van der Waals surface area contributed by atoms with Crippen molar-refractivity contribution in [1.29, 1.82) is 0 Å². The first-order valence-electron chi connectivity index (χ1n) is 14.5. The molecule has 222 valence electrons. The fraction of sp³-hybridized carbons (Fsp3) is 0.778. The third-order valence-corrected chi connectivity index (χ3v) is 7.07. The Morgan fingerprint density at radius 2 is 1.59 bits per heavy atom. The zero-order chi connectivity index (χ0) is 28.2. The van der Waals surface area contributed by atoms with E-state index < -0.39 is 32.6 Å². The maximum absolute atomic E-state index is 12.2. The Bertz CT molecular complexity index is 814. The molecule has 2 heterocycles. The molecule has 0 saturated carbocycles. The summed E-state index contributed by atoms with van der Waals surface area (Å²) < 4.78 is 10.3. The van der Waals surface area contributed by atoms with E-state index in [1.165, 1.54) is 77.0 Å². The Hall–Kier alpha value is 0.0900. The van der Waals surface area contributed by atoms with Gasteiger partial charge in [-0.25, -0.2) is 14.8 Å². The zero-order valence-electron chi connectivity index (χ0n) is 25.4. The van der Waals surface area contributed by atoms with Crippen LogP contribution in [0.1, 0.15) is 96.8 Å². The Balaban J connectivity index is 0.00000800. The van der Waals surface area contributed by atoms with Crippen LogP contribution in [0.2, 0.25) is 0 Å². The number of alkyl carbamates (subject to hydrolysis) is 1. The van der Waals surface area contributed by atoms with E-state index in [0.717, 1.165) is 19.3 Å². The number of carbonyl (C=O) groups is 1. The number of rotatable bonds is 21. The van der Waals surface area contributed by atoms with Gasteiger partial charge in [0, 0.05) is 6.54 Å². The second-order valence-electron chi connectivity index (χ2n) is 10.0. The third kappa shape index (κ3) is 19.9. The molecule has 0 aromatic heterocycles. The number of nitrogens with zero attached hydrogens (tertiary/aromatic N) is 4. The number of fused-ring (bicyclic) bond motifs is 1. The molecule has 0 fully saturated rings. The van der Waals surface area contributed by atoms with Gasteiger partial charge < -0.3 is 24.2 Å². The average Bonchev–Trinajstić information content (AvgIpc) is 3.32. The van der Waals surface area contributed by atoms with Crippen molar-refractivity contribution in [2.45, 2.75) is 109 Å². The van der Waals surface area contributed by atoms with Gasteiger partial charge in [-0.15, -0.1) is 0 Å². The third-order valence-electron chi connectivity index (χ3n) is 6.56. The zero-order valence-corrected chi connectivity index (χ0v) is 30.3. The minimum absolute atomic E-state index is 0. The second kappa shape index (κ2) is 25.4. The van der Waals surface area contributed by atoms with Crippen molar-refractivity contribution >= 4 is 32.5 Å². The number of ether oxygens (including phenoxy) is 2. The number of unbranched alkanes of at least 4 members (excludes halogenated alkanes) is 12. The second-order valence-corrected chi connectivity index (χ2v) is 11.5. The van der Waals surface area contributed by atoms with Crippen molar-refractivity contribution in [1.82, 2.24) is 10.2 Å². The van der Waals surface area contributed by atoms with Crippen LogP contribution in [0.4, 0.5) is 4.79 Å². The van der Waals surface area contributed by atoms with Crippen LogP contribution in [-0.2, 0) is 9.47 Å². The summed E-state index contributed by atoms with van der Waals surface area (Å²) in [5.41, 5.74) is 0. The maximum atomic E-state index is 12.2. The molecule has 14 heteroatoms. The molecule has 0 spiro atoms. The summed E-state index contributed by atoms with van der Waals surface area (Å²) in [6, 6.07) is -0.489. The number of hydrogen-bond acceptors (Lipinski definition) is 10. The maximum Gasteiger partial charge on any atom is 1.00 e. The molecule has 0 saturated heterocycles. The monoisotopic (exact) mass is 614 g/mol. The van der Waals surface area contributed by atoms with Gasteiger partial charge >= 0.3 is 65.2 Å². The number of amidine groups is 1. The van der Waals surface area contributed by atoms with Gasteiger partial charge in [0.1, 0.15) is 12.2 Å². The van der Waals surface area contributed by atoms with E-state index in [9.17, 15) is 14.6 Å². The molecular weight excluding hydrogens is 567 g/mol. The van der Waals surface area contributed by atoms with Gasteiger partial charge in [-0.3, -0.25) is 15.2 Å². The SMILES string of the molecule is CCCCCCCC/C=C\CCCCCCCCOC(=O)NC1=NC=NC2C1N=CN2CCOC[P+]([O-])([O-])O.[Na+].[Na+]. The predicted molar refractivity (Wildman–Crippen MR) is 153 cm³/mol. The van der Waals surface area contributed by atoms with Gasteiger partial charge in [-0.1, -0.05) is 76.9 Å². The molecule has 1 amide bonds. The number of nitrogens with one attached hydrogen (secondary N) is 1. The Morgan fingerprint density at radius 3 is 2.22 bits per heavy atom. The summed E-state index contributed by atoms with van der Waals surface area (Å²) in [6.45, 7) is 2.98. The molecule has 0 radical (unpaired) electrons. The largest absolute Gasteiger partial charge is 1.00 e. The van der Waals surface area contributed by atoms with Crippen LogP contribution >= 0.6 is 7.94 Å². The standard InChI is InChI=1S/C27H48N5O6P.2Na/c1-2-3-4-5-6-7-8-9-10-11-12-13-14-15-16-17-19-38-27(33)31-25-24-26(29-21-28-25)32(22-30-24)18-20-37-23-39(34,35)36;;/h9-10,21-22,24,26H,2-8,11-20,23H2,1H3,(H2,34,35,36)(H,28,29,31,33);;/q;2*+1/p-1/b10-9-;;. The van der Waals surface area contributed by atoms with Crippen LogP contribution in [0, 0.1) is 0 Å². The summed E-state index contributed by atoms with van der Waals surface area (Å²) in [5.74, 6) is 0.347. The first kappa shape index (κ1) is 41.1. The molecule has 11 nitrogen and oxygen atoms in total. The number of amides is 1. The molecule has 0 aromatic rings. The van der Waals surface area contributed by atoms with Crippen LogP contribution in [0.15, 0.2) is 27.1 Å². The molecule has 2 rings (SSSR count). The number of aliphatic imine (C=N–C) groups is 3. The van der Waals surface area contributed by atoms with Crippen LogP contribution < -0.4 is 74.2 Å². The minimum Gasteiger partial charge on any atom is -0.658 e. The van der Waals surface area contributed by atoms with Gasteiger partial charge in [0.25, 0.3) is 0 Å². The molecule has 2 unspecified atom stereocenters. The topological polar surface area (TPSA) is 154 Å². The summed E-state index contributed by atoms with van der Waals surface area (Å²) in [4.78, 5) is 57.0. The van der Waals surface area contributed by atoms with Gasteiger partial charge in [0.05, 0.1) is 27.5 Å². The van der Waals surface area contributed by atoms with Crippen molar-refractivity contribution in [3.05, 3.63) is 12.2 Å². The summed E-state index contributed by atoms with van der Waals surface area (Å²) in [6.07, 6.45) is 23.0. The molecule has 2 aliphatic rings. The Kier molecular flexibility index (Phi) is 25.5. The normalized spacial score (nSPS) is 17.7. The fourth-order valence-corrected chi connectivity index (χ4v) is 4.76. The van der Waals surface area contributed by atoms with E-state index in [1.54, 1.807) is 11.2 Å². The molecule has 2 N–H and O–H groups in total. The predicted octanol–water partition coefficient (Wildman–Crippen LogP) is -2.31. The average molecular weight is 615 g/mol. The first-order chi connectivity index (χ1) is 18.9. The number of carbonyl (C=O) groups excluding carboxylic acids is 1. The van der Waals surface area contributed by atoms with Crippen LogP contribution in [0.3, 0.4) is 0 Å². The van der Waals surface area contributed by atoms with Crippen molar-refractivity contribution in [3.63, 3.8) is 0 Å². The molecule has 0 aliphatic carbocycles. The van der Waals surface area contributed by atoms with Gasteiger partial charge in [-0.2, -0.15) is 0 Å². The van der Waals surface area contributed by atoms with E-state index >= 15 is 0 Å². The van der Waals surface area contributed by atoms with Gasteiger partial charge in [0.2, 0.25) is 0 Å². The van der Waals surface area contributed by atoms with Gasteiger partial charge in [0.15, 0.2) is 18.6 Å². The van der Waals surface area contributed by atoms with Crippen LogP contribution in [0.25, 0.3) is 0 Å². The summed E-state index contributed by atoms with van der Waals surface area (Å²) in [5, 5.41) is 2.66. The van der Waals surface area contributed by atoms with Crippen molar-refractivity contribution in [2.75, 3.05) is 26.1 Å². The van der Waals surface area contributed by atoms with Crippen molar-refractivity contribution < 1.29 is 88.1 Å².